The van der Waals surface area contributed by atoms with E-state index in [0.717, 1.165) is 11.4 Å². The number of hydrogen-bond donors (Lipinski definition) is 2. The van der Waals surface area contributed by atoms with E-state index in [1.165, 1.54) is 0 Å². The van der Waals surface area contributed by atoms with Gasteiger partial charge in [0.15, 0.2) is 0 Å². The highest BCUT2D eigenvalue weighted by atomic mass is 16.4. The molecule has 0 saturated heterocycles. The zero-order chi connectivity index (χ0) is 13.7. The summed E-state index contributed by atoms with van der Waals surface area (Å²) in [5.41, 5.74) is 2.76. The van der Waals surface area contributed by atoms with Gasteiger partial charge in [-0.3, -0.25) is 4.79 Å². The van der Waals surface area contributed by atoms with Crippen molar-refractivity contribution in [2.75, 3.05) is 5.32 Å². The number of para-hydroxylation sites is 1. The molecule has 0 spiro atoms. The van der Waals surface area contributed by atoms with Gasteiger partial charge in [0.1, 0.15) is 0 Å². The van der Waals surface area contributed by atoms with Crippen LogP contribution in [-0.2, 0) is 11.2 Å². The quantitative estimate of drug-likeness (QED) is 0.877. The van der Waals surface area contributed by atoms with Crippen LogP contribution in [0.3, 0.4) is 0 Å². The van der Waals surface area contributed by atoms with Crippen LogP contribution in [-0.4, -0.2) is 11.1 Å². The molecule has 2 N–H and O–H groups in total. The third-order valence-electron chi connectivity index (χ3n) is 2.63. The highest BCUT2D eigenvalue weighted by molar-refractivity contribution is 5.75. The maximum atomic E-state index is 10.8. The van der Waals surface area contributed by atoms with Crippen LogP contribution in [0, 0.1) is 11.3 Å². The van der Waals surface area contributed by atoms with Gasteiger partial charge in [-0.15, -0.1) is 0 Å². The fraction of sp³-hybridized carbons (Fsp3) is 0.0667. The minimum atomic E-state index is -0.875. The van der Waals surface area contributed by atoms with Gasteiger partial charge in [0.25, 0.3) is 0 Å². The van der Waals surface area contributed by atoms with E-state index in [0.29, 0.717) is 11.1 Å². The number of anilines is 2. The average molecular weight is 252 g/mol. The van der Waals surface area contributed by atoms with Crippen LogP contribution in [0.5, 0.6) is 0 Å². The molecule has 2 rings (SSSR count). The Kier molecular flexibility index (Phi) is 3.79. The van der Waals surface area contributed by atoms with Crippen molar-refractivity contribution in [2.45, 2.75) is 6.42 Å². The minimum absolute atomic E-state index is 0.0406. The monoisotopic (exact) mass is 252 g/mol. The van der Waals surface area contributed by atoms with Crippen LogP contribution >= 0.6 is 0 Å². The third-order valence-corrected chi connectivity index (χ3v) is 2.63. The highest BCUT2D eigenvalue weighted by Gasteiger charge is 2.06. The van der Waals surface area contributed by atoms with Gasteiger partial charge < -0.3 is 10.4 Å². The second kappa shape index (κ2) is 5.69. The summed E-state index contributed by atoms with van der Waals surface area (Å²) in [6, 6.07) is 16.3. The smallest absolute Gasteiger partial charge is 0.307 e. The highest BCUT2D eigenvalue weighted by Crippen LogP contribution is 2.21. The topological polar surface area (TPSA) is 73.1 Å². The molecule has 0 aliphatic heterocycles. The zero-order valence-electron chi connectivity index (χ0n) is 10.1. The number of nitrogens with one attached hydrogen (secondary N) is 1. The Bertz CT molecular complexity index is 645. The molecule has 0 bridgehead atoms. The first-order valence-corrected chi connectivity index (χ1v) is 5.76. The molecule has 4 heteroatoms. The lowest BCUT2D eigenvalue weighted by molar-refractivity contribution is -0.136. The van der Waals surface area contributed by atoms with Crippen molar-refractivity contribution in [1.29, 1.82) is 5.26 Å². The van der Waals surface area contributed by atoms with Gasteiger partial charge in [0.05, 0.1) is 18.1 Å². The van der Waals surface area contributed by atoms with Gasteiger partial charge in [-0.05, 0) is 29.8 Å². The molecule has 94 valence electrons. The van der Waals surface area contributed by atoms with Gasteiger partial charge in [-0.1, -0.05) is 24.3 Å². The van der Waals surface area contributed by atoms with E-state index in [1.807, 2.05) is 18.2 Å². The molecule has 0 saturated carbocycles. The molecule has 0 radical (unpaired) electrons. The lowest BCUT2D eigenvalue weighted by Crippen LogP contribution is -2.03. The Morgan fingerprint density at radius 3 is 2.74 bits per heavy atom. The molecule has 0 aromatic heterocycles. The van der Waals surface area contributed by atoms with Gasteiger partial charge in [-0.2, -0.15) is 5.26 Å². The molecule has 0 heterocycles. The van der Waals surface area contributed by atoms with Crippen LogP contribution in [0.15, 0.2) is 48.5 Å². The van der Waals surface area contributed by atoms with Crippen molar-refractivity contribution < 1.29 is 9.90 Å². The Labute approximate surface area is 110 Å². The molecule has 4 nitrogen and oxygen atoms in total. The summed E-state index contributed by atoms with van der Waals surface area (Å²) in [4.78, 5) is 10.8. The molecule has 19 heavy (non-hydrogen) atoms. The van der Waals surface area contributed by atoms with Crippen molar-refractivity contribution >= 4 is 17.3 Å². The molecule has 0 atom stereocenters. The van der Waals surface area contributed by atoms with E-state index in [-0.39, 0.29) is 6.42 Å². The van der Waals surface area contributed by atoms with Gasteiger partial charge in [0.2, 0.25) is 0 Å². The summed E-state index contributed by atoms with van der Waals surface area (Å²) in [6.45, 7) is 0. The predicted octanol–water partition coefficient (Wildman–Crippen LogP) is 2.93. The fourth-order valence-electron chi connectivity index (χ4n) is 1.78. The summed E-state index contributed by atoms with van der Waals surface area (Å²) in [7, 11) is 0. The van der Waals surface area contributed by atoms with E-state index in [4.69, 9.17) is 10.4 Å². The van der Waals surface area contributed by atoms with Crippen molar-refractivity contribution in [3.63, 3.8) is 0 Å². The van der Waals surface area contributed by atoms with Crippen molar-refractivity contribution in [2.24, 2.45) is 0 Å². The second-order valence-electron chi connectivity index (χ2n) is 4.05. The summed E-state index contributed by atoms with van der Waals surface area (Å²) < 4.78 is 0. The van der Waals surface area contributed by atoms with Crippen LogP contribution in [0.2, 0.25) is 0 Å². The van der Waals surface area contributed by atoms with Gasteiger partial charge in [0, 0.05) is 11.4 Å². The maximum Gasteiger partial charge on any atom is 0.307 e. The fourth-order valence-corrected chi connectivity index (χ4v) is 1.78. The normalized spacial score (nSPS) is 9.63. The first kappa shape index (κ1) is 12.7. The van der Waals surface area contributed by atoms with E-state index in [2.05, 4.69) is 11.4 Å². The van der Waals surface area contributed by atoms with Gasteiger partial charge in [-0.25, -0.2) is 0 Å². The molecular weight excluding hydrogens is 240 g/mol. The lowest BCUT2D eigenvalue weighted by Gasteiger charge is -2.10. The zero-order valence-corrected chi connectivity index (χ0v) is 10.1. The Balaban J connectivity index is 2.27. The SMILES string of the molecule is N#Cc1cccc(Nc2ccccc2CC(=O)O)c1. The number of aliphatic carboxylic acids is 1. The first-order chi connectivity index (χ1) is 9.19. The average Bonchev–Trinajstić information content (AvgIpc) is 2.41. The molecule has 0 fully saturated rings. The largest absolute Gasteiger partial charge is 0.481 e. The second-order valence-corrected chi connectivity index (χ2v) is 4.05. The Morgan fingerprint density at radius 2 is 2.00 bits per heavy atom. The van der Waals surface area contributed by atoms with Crippen LogP contribution in [0.25, 0.3) is 0 Å². The Hall–Kier alpha value is -2.80. The number of nitriles is 1. The molecule has 0 aliphatic carbocycles. The van der Waals surface area contributed by atoms with Crippen molar-refractivity contribution in [3.8, 4) is 6.07 Å². The maximum absolute atomic E-state index is 10.8. The number of benzene rings is 2. The molecular formula is C15H12N2O2. The third kappa shape index (κ3) is 3.33. The van der Waals surface area contributed by atoms with E-state index in [1.54, 1.807) is 30.3 Å². The lowest BCUT2D eigenvalue weighted by atomic mass is 10.1. The molecule has 2 aromatic rings. The summed E-state index contributed by atoms with van der Waals surface area (Å²) in [5.74, 6) is -0.875. The summed E-state index contributed by atoms with van der Waals surface area (Å²) in [6.07, 6.45) is -0.0406. The van der Waals surface area contributed by atoms with Crippen molar-refractivity contribution in [1.82, 2.24) is 0 Å². The van der Waals surface area contributed by atoms with E-state index >= 15 is 0 Å². The summed E-state index contributed by atoms with van der Waals surface area (Å²) >= 11 is 0. The Morgan fingerprint density at radius 1 is 1.21 bits per heavy atom. The van der Waals surface area contributed by atoms with Crippen molar-refractivity contribution in [3.05, 3.63) is 59.7 Å². The van der Waals surface area contributed by atoms with E-state index in [9.17, 15) is 4.79 Å². The van der Waals surface area contributed by atoms with E-state index < -0.39 is 5.97 Å². The number of hydrogen-bond acceptors (Lipinski definition) is 3. The molecule has 0 unspecified atom stereocenters. The first-order valence-electron chi connectivity index (χ1n) is 5.76. The number of nitrogens with zero attached hydrogens (tertiary/aromatic N) is 1. The minimum Gasteiger partial charge on any atom is -0.481 e. The summed E-state index contributed by atoms with van der Waals surface area (Å²) in [5, 5.41) is 20.9. The number of carboxylic acids is 1. The molecule has 0 aliphatic rings. The molecule has 2 aromatic carbocycles. The van der Waals surface area contributed by atoms with Gasteiger partial charge >= 0.3 is 5.97 Å². The van der Waals surface area contributed by atoms with Crippen LogP contribution in [0.4, 0.5) is 11.4 Å². The number of carbonyl (C=O) groups is 1. The molecule has 0 amide bonds. The number of rotatable bonds is 4. The predicted molar refractivity (Wildman–Crippen MR) is 72.2 cm³/mol. The van der Waals surface area contributed by atoms with Crippen LogP contribution < -0.4 is 5.32 Å². The van der Waals surface area contributed by atoms with Crippen LogP contribution in [0.1, 0.15) is 11.1 Å². The number of carboxylic acid groups (broad SMARTS) is 1. The standard InChI is InChI=1S/C15H12N2O2/c16-10-11-4-3-6-13(8-11)17-14-7-2-1-5-12(14)9-15(18)19/h1-8,17H,9H2,(H,18,19).